The highest BCUT2D eigenvalue weighted by Crippen LogP contribution is 2.45. The van der Waals surface area contributed by atoms with Gasteiger partial charge in [0.25, 0.3) is 0 Å². The van der Waals surface area contributed by atoms with Crippen molar-refractivity contribution in [3.05, 3.63) is 76.5 Å². The Morgan fingerprint density at radius 3 is 2.45 bits per heavy atom. The SMILES string of the molecule is N#Cc1ccc(C2C3=C(CCC3=O)N(c3cccc(C(F)(F)F)c3)C(=O)N2C(=O)N[C@H]2CCC[C@H]2O)cc1. The molecule has 8 nitrogen and oxygen atoms in total. The molecule has 196 valence electrons. The molecular formula is C27H23F3N4O4. The first kappa shape index (κ1) is 25.5. The first-order valence-corrected chi connectivity index (χ1v) is 12.2. The highest BCUT2D eigenvalue weighted by Gasteiger charge is 2.49. The predicted octanol–water partition coefficient (Wildman–Crippen LogP) is 4.80. The molecule has 2 aromatic rings. The van der Waals surface area contributed by atoms with Gasteiger partial charge < -0.3 is 10.4 Å². The van der Waals surface area contributed by atoms with Gasteiger partial charge in [-0.05, 0) is 61.6 Å². The van der Waals surface area contributed by atoms with Crippen LogP contribution < -0.4 is 10.2 Å². The zero-order valence-corrected chi connectivity index (χ0v) is 20.0. The Labute approximate surface area is 215 Å². The number of benzene rings is 2. The van der Waals surface area contributed by atoms with Crippen LogP contribution in [0, 0.1) is 11.3 Å². The number of hydrogen-bond acceptors (Lipinski definition) is 5. The second-order valence-corrected chi connectivity index (χ2v) is 9.51. The molecule has 0 aromatic heterocycles. The second kappa shape index (κ2) is 9.61. The Bertz CT molecular complexity index is 1380. The number of imide groups is 1. The van der Waals surface area contributed by atoms with E-state index in [0.717, 1.165) is 28.0 Å². The number of aliphatic hydroxyl groups is 1. The van der Waals surface area contributed by atoms with Crippen molar-refractivity contribution >= 4 is 23.5 Å². The van der Waals surface area contributed by atoms with Crippen molar-refractivity contribution in [2.45, 2.75) is 56.5 Å². The zero-order valence-electron chi connectivity index (χ0n) is 20.0. The molecule has 1 unspecified atom stereocenters. The smallest absolute Gasteiger partial charge is 0.391 e. The van der Waals surface area contributed by atoms with Gasteiger partial charge in [0.15, 0.2) is 5.78 Å². The van der Waals surface area contributed by atoms with E-state index in [2.05, 4.69) is 5.32 Å². The van der Waals surface area contributed by atoms with Crippen LogP contribution in [0.5, 0.6) is 0 Å². The lowest BCUT2D eigenvalue weighted by Crippen LogP contribution is -2.57. The van der Waals surface area contributed by atoms with Crippen LogP contribution in [0.15, 0.2) is 59.8 Å². The summed E-state index contributed by atoms with van der Waals surface area (Å²) in [5.41, 5.74) is -0.00512. The number of Topliss-reactive ketones (excluding diaryl/α,β-unsaturated/α-hetero) is 1. The lowest BCUT2D eigenvalue weighted by Gasteiger charge is -2.41. The van der Waals surface area contributed by atoms with Crippen LogP contribution in [-0.4, -0.2) is 40.0 Å². The molecule has 1 saturated carbocycles. The fourth-order valence-electron chi connectivity index (χ4n) is 5.35. The molecule has 1 fully saturated rings. The Morgan fingerprint density at radius 1 is 1.08 bits per heavy atom. The Balaban J connectivity index is 1.66. The molecular weight excluding hydrogens is 501 g/mol. The van der Waals surface area contributed by atoms with Crippen LogP contribution in [-0.2, 0) is 11.0 Å². The third-order valence-electron chi connectivity index (χ3n) is 7.19. The van der Waals surface area contributed by atoms with Crippen molar-refractivity contribution in [1.82, 2.24) is 10.2 Å². The quantitative estimate of drug-likeness (QED) is 0.599. The Hall–Kier alpha value is -4.17. The van der Waals surface area contributed by atoms with Crippen molar-refractivity contribution in [2.24, 2.45) is 0 Å². The second-order valence-electron chi connectivity index (χ2n) is 9.51. The van der Waals surface area contributed by atoms with Gasteiger partial charge in [-0.3, -0.25) is 9.69 Å². The third kappa shape index (κ3) is 4.41. The summed E-state index contributed by atoms with van der Waals surface area (Å²) in [7, 11) is 0. The summed E-state index contributed by atoms with van der Waals surface area (Å²) in [6.45, 7) is 0. The molecule has 3 aliphatic rings. The molecule has 2 aliphatic carbocycles. The lowest BCUT2D eigenvalue weighted by molar-refractivity contribution is -0.137. The van der Waals surface area contributed by atoms with Crippen LogP contribution in [0.1, 0.15) is 54.8 Å². The van der Waals surface area contributed by atoms with Crippen LogP contribution in [0.2, 0.25) is 0 Å². The maximum absolute atomic E-state index is 14.0. The number of hydrogen-bond donors (Lipinski definition) is 2. The van der Waals surface area contributed by atoms with Gasteiger partial charge in [0, 0.05) is 17.7 Å². The van der Waals surface area contributed by atoms with E-state index in [-0.39, 0.29) is 35.6 Å². The molecule has 0 saturated heterocycles. The Kier molecular flexibility index (Phi) is 6.44. The van der Waals surface area contributed by atoms with E-state index in [0.29, 0.717) is 30.4 Å². The van der Waals surface area contributed by atoms with Gasteiger partial charge in [-0.2, -0.15) is 18.4 Å². The fraction of sp³-hybridized carbons (Fsp3) is 0.333. The highest BCUT2D eigenvalue weighted by atomic mass is 19.4. The standard InChI is InChI=1S/C27H23F3N4O4/c28-27(29,30)17-3-1-4-18(13-17)33-20-11-12-22(36)23(20)24(16-9-7-15(14-31)8-10-16)34(26(33)38)25(37)32-19-5-2-6-21(19)35/h1,3-4,7-10,13,19,21,24,35H,2,5-6,11-12H2,(H,32,37)/t19-,21+,24?/m0/s1. The van der Waals surface area contributed by atoms with Gasteiger partial charge >= 0.3 is 18.2 Å². The molecule has 1 aliphatic heterocycles. The van der Waals surface area contributed by atoms with Crippen LogP contribution in [0.3, 0.4) is 0 Å². The monoisotopic (exact) mass is 524 g/mol. The van der Waals surface area contributed by atoms with Crippen molar-refractivity contribution in [3.8, 4) is 6.07 Å². The number of ketones is 1. The number of nitrogens with one attached hydrogen (secondary N) is 1. The molecule has 0 spiro atoms. The van der Waals surface area contributed by atoms with Crippen molar-refractivity contribution < 1.29 is 32.7 Å². The number of carbonyl (C=O) groups excluding carboxylic acids is 3. The first-order chi connectivity index (χ1) is 18.1. The number of carbonyl (C=O) groups is 3. The number of anilines is 1. The third-order valence-corrected chi connectivity index (χ3v) is 7.19. The van der Waals surface area contributed by atoms with Gasteiger partial charge in [-0.25, -0.2) is 14.5 Å². The number of halogens is 3. The van der Waals surface area contributed by atoms with E-state index in [9.17, 15) is 37.9 Å². The minimum Gasteiger partial charge on any atom is -0.391 e. The number of aliphatic hydroxyl groups excluding tert-OH is 1. The van der Waals surface area contributed by atoms with E-state index in [1.165, 1.54) is 30.3 Å². The van der Waals surface area contributed by atoms with E-state index in [4.69, 9.17) is 0 Å². The minimum atomic E-state index is -4.67. The number of amides is 4. The summed E-state index contributed by atoms with van der Waals surface area (Å²) in [4.78, 5) is 42.6. The minimum absolute atomic E-state index is 0.0248. The molecule has 1 heterocycles. The van der Waals surface area contributed by atoms with E-state index >= 15 is 0 Å². The Morgan fingerprint density at radius 2 is 1.82 bits per heavy atom. The predicted molar refractivity (Wildman–Crippen MR) is 129 cm³/mol. The molecule has 0 radical (unpaired) electrons. The number of nitrogens with zero attached hydrogens (tertiary/aromatic N) is 3. The van der Waals surface area contributed by atoms with Crippen molar-refractivity contribution in [3.63, 3.8) is 0 Å². The number of nitriles is 1. The topological polar surface area (TPSA) is 114 Å². The maximum Gasteiger partial charge on any atom is 0.416 e. The summed E-state index contributed by atoms with van der Waals surface area (Å²) < 4.78 is 40.5. The number of alkyl halides is 3. The van der Waals surface area contributed by atoms with Gasteiger partial charge in [-0.15, -0.1) is 0 Å². The fourth-order valence-corrected chi connectivity index (χ4v) is 5.35. The zero-order chi connectivity index (χ0) is 27.2. The van der Waals surface area contributed by atoms with Crippen LogP contribution in [0.4, 0.5) is 28.4 Å². The van der Waals surface area contributed by atoms with Gasteiger partial charge in [0.05, 0.1) is 41.1 Å². The van der Waals surface area contributed by atoms with Crippen molar-refractivity contribution in [1.29, 1.82) is 5.26 Å². The maximum atomic E-state index is 14.0. The summed E-state index contributed by atoms with van der Waals surface area (Å²) in [6.07, 6.45) is -3.71. The van der Waals surface area contributed by atoms with E-state index in [1.54, 1.807) is 0 Å². The molecule has 0 bridgehead atoms. The molecule has 11 heteroatoms. The molecule has 4 amide bonds. The average Bonchev–Trinajstić information content (AvgIpc) is 3.47. The van der Waals surface area contributed by atoms with E-state index < -0.39 is 42.0 Å². The molecule has 2 N–H and O–H groups in total. The lowest BCUT2D eigenvalue weighted by atomic mass is 9.92. The average molecular weight is 524 g/mol. The molecule has 2 aromatic carbocycles. The number of rotatable bonds is 3. The largest absolute Gasteiger partial charge is 0.416 e. The van der Waals surface area contributed by atoms with Crippen LogP contribution >= 0.6 is 0 Å². The van der Waals surface area contributed by atoms with Gasteiger partial charge in [0.1, 0.15) is 0 Å². The summed E-state index contributed by atoms with van der Waals surface area (Å²) >= 11 is 0. The molecule has 3 atom stereocenters. The van der Waals surface area contributed by atoms with Gasteiger partial charge in [-0.1, -0.05) is 18.2 Å². The number of allylic oxidation sites excluding steroid dienone is 1. The normalized spacial score (nSPS) is 23.5. The first-order valence-electron chi connectivity index (χ1n) is 12.2. The van der Waals surface area contributed by atoms with Crippen LogP contribution in [0.25, 0.3) is 0 Å². The van der Waals surface area contributed by atoms with Crippen molar-refractivity contribution in [2.75, 3.05) is 4.90 Å². The highest BCUT2D eigenvalue weighted by molar-refractivity contribution is 6.12. The molecule has 38 heavy (non-hydrogen) atoms. The number of urea groups is 2. The molecule has 5 rings (SSSR count). The summed E-state index contributed by atoms with van der Waals surface area (Å²) in [6, 6.07) is 8.65. The van der Waals surface area contributed by atoms with Gasteiger partial charge in [0.2, 0.25) is 0 Å². The summed E-state index contributed by atoms with van der Waals surface area (Å²) in [5.74, 6) is -0.336. The van der Waals surface area contributed by atoms with E-state index in [1.807, 2.05) is 6.07 Å². The summed E-state index contributed by atoms with van der Waals surface area (Å²) in [5, 5.41) is 22.1.